The molecule has 3 heteroatoms. The van der Waals surface area contributed by atoms with E-state index in [2.05, 4.69) is 29.2 Å². The van der Waals surface area contributed by atoms with Gasteiger partial charge in [0.05, 0.1) is 5.41 Å². The lowest BCUT2D eigenvalue weighted by atomic mass is 9.49. The topological polar surface area (TPSA) is 46.3 Å². The average molecular weight is 353 g/mol. The molecule has 0 aromatic heterocycles. The van der Waals surface area contributed by atoms with Gasteiger partial charge in [0, 0.05) is 19.6 Å². The summed E-state index contributed by atoms with van der Waals surface area (Å²) in [5, 5.41) is 0. The van der Waals surface area contributed by atoms with E-state index in [0.717, 1.165) is 43.7 Å². The number of piperidine rings is 1. The van der Waals surface area contributed by atoms with E-state index >= 15 is 0 Å². The highest BCUT2D eigenvalue weighted by atomic mass is 16.2. The predicted molar refractivity (Wildman–Crippen MR) is 103 cm³/mol. The van der Waals surface area contributed by atoms with Crippen LogP contribution in [0, 0.1) is 23.2 Å². The molecule has 0 unspecified atom stereocenters. The molecule has 5 aliphatic rings. The van der Waals surface area contributed by atoms with Crippen LogP contribution in [0.4, 0.5) is 0 Å². The summed E-state index contributed by atoms with van der Waals surface area (Å²) in [6.45, 7) is 2.49. The highest BCUT2D eigenvalue weighted by Crippen LogP contribution is 2.60. The van der Waals surface area contributed by atoms with E-state index in [-0.39, 0.29) is 5.41 Å². The number of carbonyl (C=O) groups excluding carboxylic acids is 1. The van der Waals surface area contributed by atoms with Crippen LogP contribution in [0.3, 0.4) is 0 Å². The molecule has 4 aliphatic carbocycles. The Labute approximate surface area is 157 Å². The molecule has 1 amide bonds. The lowest BCUT2D eigenvalue weighted by Crippen LogP contribution is -2.55. The number of hydrogen-bond donors (Lipinski definition) is 1. The number of benzene rings is 1. The molecule has 6 rings (SSSR count). The van der Waals surface area contributed by atoms with Gasteiger partial charge in [-0.2, -0.15) is 0 Å². The van der Waals surface area contributed by atoms with Crippen molar-refractivity contribution in [2.45, 2.75) is 63.8 Å². The third-order valence-electron chi connectivity index (χ3n) is 7.93. The summed E-state index contributed by atoms with van der Waals surface area (Å²) in [5.41, 5.74) is 8.46. The minimum Gasteiger partial charge on any atom is -0.342 e. The number of hydrogen-bond acceptors (Lipinski definition) is 2. The molecule has 0 atom stereocenters. The summed E-state index contributed by atoms with van der Waals surface area (Å²) in [6.07, 6.45) is 10.0. The van der Waals surface area contributed by atoms with Gasteiger partial charge in [-0.1, -0.05) is 24.3 Å². The highest BCUT2D eigenvalue weighted by Gasteiger charge is 2.55. The average Bonchev–Trinajstić information content (AvgIpc) is 2.66. The van der Waals surface area contributed by atoms with Crippen LogP contribution in [0.5, 0.6) is 0 Å². The first kappa shape index (κ1) is 16.8. The smallest absolute Gasteiger partial charge is 0.228 e. The molecule has 2 N–H and O–H groups in total. The molecule has 4 bridgehead atoms. The van der Waals surface area contributed by atoms with Gasteiger partial charge in [0.25, 0.3) is 0 Å². The van der Waals surface area contributed by atoms with Crippen molar-refractivity contribution in [1.29, 1.82) is 0 Å². The van der Waals surface area contributed by atoms with E-state index in [0.29, 0.717) is 18.4 Å². The first-order valence-electron chi connectivity index (χ1n) is 10.7. The molecule has 3 nitrogen and oxygen atoms in total. The fraction of sp³-hybridized carbons (Fsp3) is 0.696. The molecule has 1 saturated heterocycles. The van der Waals surface area contributed by atoms with Crippen LogP contribution in [-0.4, -0.2) is 23.9 Å². The first-order valence-corrected chi connectivity index (χ1v) is 10.7. The van der Waals surface area contributed by atoms with Crippen LogP contribution >= 0.6 is 0 Å². The monoisotopic (exact) mass is 352 g/mol. The van der Waals surface area contributed by atoms with Gasteiger partial charge in [-0.25, -0.2) is 0 Å². The van der Waals surface area contributed by atoms with Crippen molar-refractivity contribution in [2.24, 2.45) is 28.9 Å². The Morgan fingerprint density at radius 2 is 1.65 bits per heavy atom. The van der Waals surface area contributed by atoms with Crippen molar-refractivity contribution in [1.82, 2.24) is 4.90 Å². The Hall–Kier alpha value is -1.35. The molecule has 140 valence electrons. The number of likely N-dealkylation sites (tertiary alicyclic amines) is 1. The zero-order valence-corrected chi connectivity index (χ0v) is 15.8. The van der Waals surface area contributed by atoms with Gasteiger partial charge >= 0.3 is 0 Å². The summed E-state index contributed by atoms with van der Waals surface area (Å²) < 4.78 is 0. The number of amides is 1. The van der Waals surface area contributed by atoms with Crippen LogP contribution < -0.4 is 5.73 Å². The lowest BCUT2D eigenvalue weighted by molar-refractivity contribution is -0.158. The normalized spacial score (nSPS) is 36.5. The van der Waals surface area contributed by atoms with Crippen LogP contribution in [0.2, 0.25) is 0 Å². The van der Waals surface area contributed by atoms with Gasteiger partial charge in [0.1, 0.15) is 0 Å². The highest BCUT2D eigenvalue weighted by molar-refractivity contribution is 5.83. The maximum absolute atomic E-state index is 13.5. The van der Waals surface area contributed by atoms with Crippen LogP contribution in [-0.2, 0) is 11.3 Å². The largest absolute Gasteiger partial charge is 0.342 e. The lowest BCUT2D eigenvalue weighted by Gasteiger charge is -2.57. The van der Waals surface area contributed by atoms with E-state index < -0.39 is 0 Å². The third-order valence-corrected chi connectivity index (χ3v) is 7.93. The SMILES string of the molecule is NCc1cccc(C2CCN(C(=O)C34CC5CC(CC(C5)C3)C4)CC2)c1. The standard InChI is InChI=1S/C23H32N2O/c24-15-16-2-1-3-21(11-16)20-4-6-25(7-5-20)22(26)23-12-17-8-18(13-23)10-19(9-17)14-23/h1-3,11,17-20H,4-10,12-15,24H2. The molecule has 5 fully saturated rings. The van der Waals surface area contributed by atoms with Gasteiger partial charge < -0.3 is 10.6 Å². The van der Waals surface area contributed by atoms with Crippen molar-refractivity contribution in [3.05, 3.63) is 35.4 Å². The molecule has 0 radical (unpaired) electrons. The van der Waals surface area contributed by atoms with E-state index in [1.165, 1.54) is 49.7 Å². The summed E-state index contributed by atoms with van der Waals surface area (Å²) in [7, 11) is 0. The van der Waals surface area contributed by atoms with Crippen LogP contribution in [0.1, 0.15) is 68.4 Å². The molecule has 1 aliphatic heterocycles. The quantitative estimate of drug-likeness (QED) is 0.891. The Balaban J connectivity index is 1.26. The predicted octanol–water partition coefficient (Wildman–Crippen LogP) is 4.07. The van der Waals surface area contributed by atoms with Crippen molar-refractivity contribution in [2.75, 3.05) is 13.1 Å². The maximum atomic E-state index is 13.5. The van der Waals surface area contributed by atoms with Gasteiger partial charge in [-0.15, -0.1) is 0 Å². The van der Waals surface area contributed by atoms with Crippen molar-refractivity contribution < 1.29 is 4.79 Å². The van der Waals surface area contributed by atoms with E-state index in [1.54, 1.807) is 0 Å². The summed E-state index contributed by atoms with van der Waals surface area (Å²) in [6, 6.07) is 8.74. The summed E-state index contributed by atoms with van der Waals surface area (Å²) in [5.74, 6) is 3.65. The minimum atomic E-state index is 0.0288. The summed E-state index contributed by atoms with van der Waals surface area (Å²) >= 11 is 0. The van der Waals surface area contributed by atoms with E-state index in [9.17, 15) is 4.79 Å². The maximum Gasteiger partial charge on any atom is 0.228 e. The van der Waals surface area contributed by atoms with Gasteiger partial charge in [0.2, 0.25) is 5.91 Å². The van der Waals surface area contributed by atoms with Crippen LogP contribution in [0.25, 0.3) is 0 Å². The molecule has 1 heterocycles. The Kier molecular flexibility index (Phi) is 4.11. The fourth-order valence-corrected chi connectivity index (χ4v) is 7.10. The molecule has 1 aromatic rings. The van der Waals surface area contributed by atoms with Crippen molar-refractivity contribution in [3.8, 4) is 0 Å². The third kappa shape index (κ3) is 2.79. The molecule has 0 spiro atoms. The molecular weight excluding hydrogens is 320 g/mol. The number of nitrogens with zero attached hydrogens (tertiary/aromatic N) is 1. The fourth-order valence-electron chi connectivity index (χ4n) is 7.10. The van der Waals surface area contributed by atoms with E-state index in [4.69, 9.17) is 5.73 Å². The number of carbonyl (C=O) groups is 1. The number of rotatable bonds is 3. The van der Waals surface area contributed by atoms with E-state index in [1.807, 2.05) is 0 Å². The van der Waals surface area contributed by atoms with Gasteiger partial charge in [-0.05, 0) is 86.2 Å². The Morgan fingerprint density at radius 1 is 1.04 bits per heavy atom. The van der Waals surface area contributed by atoms with Crippen molar-refractivity contribution >= 4 is 5.91 Å². The second-order valence-corrected chi connectivity index (χ2v) is 9.71. The summed E-state index contributed by atoms with van der Waals surface area (Å²) in [4.78, 5) is 15.7. The van der Waals surface area contributed by atoms with Crippen molar-refractivity contribution in [3.63, 3.8) is 0 Å². The van der Waals surface area contributed by atoms with Gasteiger partial charge in [-0.3, -0.25) is 4.79 Å². The Bertz CT molecular complexity index is 654. The molecule has 4 saturated carbocycles. The second kappa shape index (κ2) is 6.37. The molecule has 1 aromatic carbocycles. The first-order chi connectivity index (χ1) is 12.6. The van der Waals surface area contributed by atoms with Crippen LogP contribution in [0.15, 0.2) is 24.3 Å². The van der Waals surface area contributed by atoms with Gasteiger partial charge in [0.15, 0.2) is 0 Å². The number of nitrogens with two attached hydrogens (primary N) is 1. The zero-order chi connectivity index (χ0) is 17.7. The second-order valence-electron chi connectivity index (χ2n) is 9.71. The zero-order valence-electron chi connectivity index (χ0n) is 15.8. The minimum absolute atomic E-state index is 0.0288. The molecular formula is C23H32N2O. The Morgan fingerprint density at radius 3 is 2.23 bits per heavy atom. The molecule has 26 heavy (non-hydrogen) atoms.